The van der Waals surface area contributed by atoms with Crippen LogP contribution in [0.4, 0.5) is 22.7 Å². The summed E-state index contributed by atoms with van der Waals surface area (Å²) >= 11 is 5.31. The molecule has 2 heterocycles. The van der Waals surface area contributed by atoms with Crippen molar-refractivity contribution >= 4 is 51.9 Å². The molecule has 2 aliphatic rings. The van der Waals surface area contributed by atoms with E-state index in [-0.39, 0.29) is 22.3 Å². The number of anilines is 3. The molecule has 0 atom stereocenters. The Morgan fingerprint density at radius 1 is 0.800 bits per heavy atom. The topological polar surface area (TPSA) is 111 Å². The zero-order chi connectivity index (χ0) is 28.1. The van der Waals surface area contributed by atoms with E-state index in [1.807, 2.05) is 64.4 Å². The van der Waals surface area contributed by atoms with Crippen LogP contribution >= 0.6 is 12.2 Å². The number of thiocarbonyl (C=S) groups is 1. The Labute approximate surface area is 237 Å². The van der Waals surface area contributed by atoms with E-state index in [9.17, 15) is 19.7 Å². The van der Waals surface area contributed by atoms with Gasteiger partial charge in [-0.1, -0.05) is 18.2 Å². The standard InChI is InChI=1S/C29H30N6O4S/c36-27(22-8-13-25(26(20-22)35(38)39)33-14-4-5-15-33)31-29(40)30-23-9-11-24(12-10-23)32-16-18-34(19-17-32)28(37)21-6-2-1-3-7-21/h1-3,6-13,20H,4-5,14-19H2,(H2,30,31,36,40). The minimum Gasteiger partial charge on any atom is -0.368 e. The van der Waals surface area contributed by atoms with Crippen LogP contribution in [0.15, 0.2) is 72.8 Å². The molecule has 0 bridgehead atoms. The van der Waals surface area contributed by atoms with Gasteiger partial charge in [0.15, 0.2) is 5.11 Å². The first-order valence-corrected chi connectivity index (χ1v) is 13.6. The largest absolute Gasteiger partial charge is 0.368 e. The highest BCUT2D eigenvalue weighted by Gasteiger charge is 2.25. The lowest BCUT2D eigenvalue weighted by Crippen LogP contribution is -2.48. The fourth-order valence-corrected chi connectivity index (χ4v) is 5.27. The lowest BCUT2D eigenvalue weighted by molar-refractivity contribution is -0.384. The van der Waals surface area contributed by atoms with Gasteiger partial charge in [-0.05, 0) is 73.6 Å². The van der Waals surface area contributed by atoms with E-state index in [2.05, 4.69) is 15.5 Å². The average Bonchev–Trinajstić information content (AvgIpc) is 3.52. The highest BCUT2D eigenvalue weighted by Crippen LogP contribution is 2.31. The summed E-state index contributed by atoms with van der Waals surface area (Å²) < 4.78 is 0. The highest BCUT2D eigenvalue weighted by atomic mass is 32.1. The van der Waals surface area contributed by atoms with Crippen molar-refractivity contribution in [2.75, 3.05) is 54.4 Å². The van der Waals surface area contributed by atoms with Crippen molar-refractivity contribution < 1.29 is 14.5 Å². The Bertz CT molecular complexity index is 1400. The molecule has 0 spiro atoms. The number of rotatable bonds is 6. The minimum atomic E-state index is -0.520. The SMILES string of the molecule is O=C(NC(=S)Nc1ccc(N2CCN(C(=O)c3ccccc3)CC2)cc1)c1ccc(N2CCCC2)c([N+](=O)[O-])c1. The normalized spacial score (nSPS) is 15.1. The predicted octanol–water partition coefficient (Wildman–Crippen LogP) is 4.28. The summed E-state index contributed by atoms with van der Waals surface area (Å²) in [5.41, 5.74) is 3.03. The molecule has 2 aliphatic heterocycles. The second-order valence-corrected chi connectivity index (χ2v) is 10.2. The van der Waals surface area contributed by atoms with Gasteiger partial charge in [-0.3, -0.25) is 25.0 Å². The number of hydrogen-bond acceptors (Lipinski definition) is 7. The smallest absolute Gasteiger partial charge is 0.293 e. The van der Waals surface area contributed by atoms with Gasteiger partial charge < -0.3 is 20.0 Å². The summed E-state index contributed by atoms with van der Waals surface area (Å²) in [5.74, 6) is -0.472. The van der Waals surface area contributed by atoms with Gasteiger partial charge in [0.2, 0.25) is 0 Å². The number of amides is 2. The van der Waals surface area contributed by atoms with Crippen molar-refractivity contribution in [1.82, 2.24) is 10.2 Å². The van der Waals surface area contributed by atoms with Gasteiger partial charge in [0, 0.05) is 67.8 Å². The fourth-order valence-electron chi connectivity index (χ4n) is 5.06. The van der Waals surface area contributed by atoms with Crippen LogP contribution in [-0.4, -0.2) is 66.0 Å². The third-order valence-corrected chi connectivity index (χ3v) is 7.39. The zero-order valence-corrected chi connectivity index (χ0v) is 22.7. The number of nitro benzene ring substituents is 1. The maximum absolute atomic E-state index is 12.8. The summed E-state index contributed by atoms with van der Waals surface area (Å²) in [5, 5.41) is 17.3. The molecule has 2 amide bonds. The summed E-state index contributed by atoms with van der Waals surface area (Å²) in [4.78, 5) is 42.7. The molecule has 0 aromatic heterocycles. The van der Waals surface area contributed by atoms with Gasteiger partial charge in [-0.15, -0.1) is 0 Å². The molecule has 10 nitrogen and oxygen atoms in total. The highest BCUT2D eigenvalue weighted by molar-refractivity contribution is 7.80. The first kappa shape index (κ1) is 27.1. The monoisotopic (exact) mass is 558 g/mol. The lowest BCUT2D eigenvalue weighted by Gasteiger charge is -2.36. The van der Waals surface area contributed by atoms with Gasteiger partial charge in [-0.2, -0.15) is 0 Å². The molecule has 2 N–H and O–H groups in total. The molecule has 11 heteroatoms. The molecule has 3 aromatic rings. The van der Waals surface area contributed by atoms with Gasteiger partial charge >= 0.3 is 0 Å². The Kier molecular flexibility index (Phi) is 8.20. The molecule has 3 aromatic carbocycles. The van der Waals surface area contributed by atoms with Crippen molar-refractivity contribution in [3.8, 4) is 0 Å². The zero-order valence-electron chi connectivity index (χ0n) is 21.9. The van der Waals surface area contributed by atoms with Crippen LogP contribution in [0.3, 0.4) is 0 Å². The van der Waals surface area contributed by atoms with Crippen LogP contribution in [-0.2, 0) is 0 Å². The Morgan fingerprint density at radius 2 is 1.48 bits per heavy atom. The summed E-state index contributed by atoms with van der Waals surface area (Å²) in [6.07, 6.45) is 1.99. The lowest BCUT2D eigenvalue weighted by atomic mass is 10.1. The molecule has 206 valence electrons. The van der Waals surface area contributed by atoms with Crippen LogP contribution < -0.4 is 20.4 Å². The van der Waals surface area contributed by atoms with E-state index in [1.54, 1.807) is 12.1 Å². The predicted molar refractivity (Wildman–Crippen MR) is 159 cm³/mol. The molecule has 0 unspecified atom stereocenters. The number of carbonyl (C=O) groups excluding carboxylic acids is 2. The van der Waals surface area contributed by atoms with E-state index in [0.717, 1.165) is 44.7 Å². The van der Waals surface area contributed by atoms with E-state index in [0.29, 0.717) is 30.0 Å². The quantitative estimate of drug-likeness (QED) is 0.262. The van der Waals surface area contributed by atoms with Crippen LogP contribution in [0.1, 0.15) is 33.6 Å². The molecule has 0 aliphatic carbocycles. The minimum absolute atomic E-state index is 0.0486. The maximum atomic E-state index is 12.8. The fraction of sp³-hybridized carbons (Fsp3) is 0.276. The van der Waals surface area contributed by atoms with Crippen LogP contribution in [0.5, 0.6) is 0 Å². The Morgan fingerprint density at radius 3 is 2.12 bits per heavy atom. The van der Waals surface area contributed by atoms with Crippen molar-refractivity contribution in [2.24, 2.45) is 0 Å². The van der Waals surface area contributed by atoms with Crippen LogP contribution in [0, 0.1) is 10.1 Å². The third kappa shape index (κ3) is 6.20. The van der Waals surface area contributed by atoms with Crippen molar-refractivity contribution in [1.29, 1.82) is 0 Å². The summed E-state index contributed by atoms with van der Waals surface area (Å²) in [7, 11) is 0. The van der Waals surface area contributed by atoms with Crippen LogP contribution in [0.25, 0.3) is 0 Å². The van der Waals surface area contributed by atoms with Gasteiger partial charge in [0.05, 0.1) is 4.92 Å². The molecule has 40 heavy (non-hydrogen) atoms. The van der Waals surface area contributed by atoms with Crippen molar-refractivity contribution in [2.45, 2.75) is 12.8 Å². The summed E-state index contributed by atoms with van der Waals surface area (Å²) in [6.45, 7) is 4.26. The second kappa shape index (κ2) is 12.1. The number of benzene rings is 3. The van der Waals surface area contributed by atoms with Crippen molar-refractivity contribution in [3.05, 3.63) is 94.0 Å². The molecular weight excluding hydrogens is 528 g/mol. The number of hydrogen-bond donors (Lipinski definition) is 2. The van der Waals surface area contributed by atoms with Gasteiger partial charge in [0.1, 0.15) is 5.69 Å². The van der Waals surface area contributed by atoms with Gasteiger partial charge in [-0.25, -0.2) is 0 Å². The van der Waals surface area contributed by atoms with Crippen molar-refractivity contribution in [3.63, 3.8) is 0 Å². The molecule has 5 rings (SSSR count). The Hall–Kier alpha value is -4.51. The molecule has 0 saturated carbocycles. The maximum Gasteiger partial charge on any atom is 0.293 e. The van der Waals surface area contributed by atoms with Gasteiger partial charge in [0.25, 0.3) is 17.5 Å². The number of carbonyl (C=O) groups is 2. The Balaban J connectivity index is 1.14. The van der Waals surface area contributed by atoms with E-state index in [1.165, 1.54) is 6.07 Å². The molecule has 0 radical (unpaired) electrons. The average molecular weight is 559 g/mol. The third-order valence-electron chi connectivity index (χ3n) is 7.19. The summed E-state index contributed by atoms with van der Waals surface area (Å²) in [6, 6.07) is 21.5. The van der Waals surface area contributed by atoms with E-state index in [4.69, 9.17) is 12.2 Å². The first-order valence-electron chi connectivity index (χ1n) is 13.2. The second-order valence-electron chi connectivity index (χ2n) is 9.76. The number of piperazine rings is 1. The van der Waals surface area contributed by atoms with Crippen LogP contribution in [0.2, 0.25) is 0 Å². The number of nitro groups is 1. The first-order chi connectivity index (χ1) is 19.4. The molecular formula is C29H30N6O4S. The van der Waals surface area contributed by atoms with E-state index >= 15 is 0 Å². The molecule has 2 saturated heterocycles. The molecule has 2 fully saturated rings. The van der Waals surface area contributed by atoms with E-state index < -0.39 is 10.8 Å². The number of nitrogens with zero attached hydrogens (tertiary/aromatic N) is 4. The number of nitrogens with one attached hydrogen (secondary N) is 2.